The molecule has 26 heavy (non-hydrogen) atoms. The fraction of sp³-hybridized carbons (Fsp3) is 0. The Morgan fingerprint density at radius 3 is 1.08 bits per heavy atom. The molecule has 0 radical (unpaired) electrons. The maximum absolute atomic E-state index is 14.0. The minimum Gasteiger partial charge on any atom is -0.157 e. The van der Waals surface area contributed by atoms with Crippen LogP contribution in [-0.2, 0) is 0 Å². The van der Waals surface area contributed by atoms with Gasteiger partial charge in [-0.15, -0.1) is 73.8 Å². The van der Waals surface area contributed by atoms with Crippen molar-refractivity contribution >= 4 is 64.2 Å². The van der Waals surface area contributed by atoms with Crippen LogP contribution in [0.5, 0.6) is 0 Å². The lowest BCUT2D eigenvalue weighted by Gasteiger charge is -2.10. The van der Waals surface area contributed by atoms with Crippen molar-refractivity contribution in [3.63, 3.8) is 0 Å². The summed E-state index contributed by atoms with van der Waals surface area (Å²) in [7, 11) is -41.3. The Hall–Kier alpha value is 0.410. The first-order valence-electron chi connectivity index (χ1n) is 4.89. The van der Waals surface area contributed by atoms with Gasteiger partial charge in [-0.3, -0.25) is 0 Å². The van der Waals surface area contributed by atoms with Crippen LogP contribution in [0.15, 0.2) is 31.9 Å². The lowest BCUT2D eigenvalue weighted by atomic mass is 11.8. The van der Waals surface area contributed by atoms with Crippen molar-refractivity contribution in [3.05, 3.63) is 0 Å². The van der Waals surface area contributed by atoms with Gasteiger partial charge in [-0.25, -0.2) is 0 Å². The lowest BCUT2D eigenvalue weighted by molar-refractivity contribution is 0.687. The van der Waals surface area contributed by atoms with E-state index in [1.165, 1.54) is 9.03 Å². The van der Waals surface area contributed by atoms with Gasteiger partial charge in [0.05, 0.1) is 5.16 Å². The van der Waals surface area contributed by atoms with Crippen LogP contribution >= 0.6 is 59.0 Å². The molecule has 0 aromatic heterocycles. The standard InChI is InChI=1S/CF11N7P6S/c2-20(3)14-21(4,5)16-23(8,9)18-25(12,13-1-26)19-24(10,11)17-22(6,7)15-20. The van der Waals surface area contributed by atoms with Crippen LogP contribution in [0.3, 0.4) is 0 Å². The van der Waals surface area contributed by atoms with Crippen molar-refractivity contribution < 1.29 is 46.2 Å². The van der Waals surface area contributed by atoms with E-state index in [-0.39, 0.29) is 0 Å². The van der Waals surface area contributed by atoms with Crippen molar-refractivity contribution in [1.29, 1.82) is 0 Å². The average Bonchev–Trinajstić information content (AvgIpc) is 2.15. The Kier molecular flexibility index (Phi) is 7.22. The van der Waals surface area contributed by atoms with Crippen LogP contribution < -0.4 is 0 Å². The minimum absolute atomic E-state index is 0.983. The Morgan fingerprint density at radius 2 is 0.769 bits per heavy atom. The van der Waals surface area contributed by atoms with Crippen LogP contribution in [0.1, 0.15) is 0 Å². The summed E-state index contributed by atoms with van der Waals surface area (Å²) in [6.07, 6.45) is 0. The molecular formula is CF11N7P6S. The predicted molar refractivity (Wildman–Crippen MR) is 83.3 cm³/mol. The first-order chi connectivity index (χ1) is 11.3. The molecule has 1 aliphatic heterocycles. The van der Waals surface area contributed by atoms with E-state index in [0.717, 1.165) is 14.2 Å². The maximum atomic E-state index is 14.0. The van der Waals surface area contributed by atoms with Crippen molar-refractivity contribution in [2.75, 3.05) is 0 Å². The number of rotatable bonds is 1. The van der Waals surface area contributed by atoms with Crippen molar-refractivity contribution in [2.45, 2.75) is 0 Å². The van der Waals surface area contributed by atoms with Gasteiger partial charge in [-0.2, -0.15) is 4.20 Å². The smallest absolute Gasteiger partial charge is 0.157 e. The van der Waals surface area contributed by atoms with Gasteiger partial charge < -0.3 is 0 Å². The van der Waals surface area contributed by atoms with Crippen LogP contribution in [-0.4, -0.2) is 5.16 Å². The number of hydrogen-bond acceptors (Lipinski definition) is 8. The van der Waals surface area contributed by atoms with Gasteiger partial charge in [-0.05, 0) is 12.2 Å². The summed E-state index contributed by atoms with van der Waals surface area (Å²) in [5, 5.41) is 0.983. The van der Waals surface area contributed by atoms with E-state index >= 15 is 0 Å². The normalized spacial score (nSPS) is 31.3. The molecule has 0 aromatic carbocycles. The van der Waals surface area contributed by atoms with Crippen molar-refractivity contribution in [3.8, 4) is 0 Å². The summed E-state index contributed by atoms with van der Waals surface area (Å²) >= 11 is 3.77. The minimum atomic E-state index is -7.08. The summed E-state index contributed by atoms with van der Waals surface area (Å²) in [6.45, 7) is 0. The second-order valence-electron chi connectivity index (χ2n) is 3.50. The molecule has 0 aliphatic carbocycles. The third-order valence-corrected chi connectivity index (χ3v) is 12.5. The molecule has 152 valence electrons. The van der Waals surface area contributed by atoms with Gasteiger partial charge in [-0.1, -0.05) is 0 Å². The summed E-state index contributed by atoms with van der Waals surface area (Å²) < 4.78 is 157. The number of nitrogens with zero attached hydrogens (tertiary/aromatic N) is 7. The van der Waals surface area contributed by atoms with E-state index < -0.39 is 46.8 Å². The first-order valence-corrected chi connectivity index (χ1v) is 14.2. The Balaban J connectivity index is 4.21. The van der Waals surface area contributed by atoms with Gasteiger partial charge in [0.25, 0.3) is 0 Å². The highest BCUT2D eigenvalue weighted by Crippen LogP contribution is 2.83. The second-order valence-corrected chi connectivity index (χ2v) is 13.7. The zero-order chi connectivity index (χ0) is 20.7. The first kappa shape index (κ1) is 24.4. The Bertz CT molecular complexity index is 969. The summed E-state index contributed by atoms with van der Waals surface area (Å²) in [6, 6.07) is 0. The van der Waals surface area contributed by atoms with Crippen molar-refractivity contribution in [1.82, 2.24) is 0 Å². The largest absolute Gasteiger partial charge is 0.425 e. The maximum Gasteiger partial charge on any atom is 0.425 e. The molecule has 0 saturated carbocycles. The molecule has 1 aliphatic rings. The summed E-state index contributed by atoms with van der Waals surface area (Å²) in [5.74, 6) is 0. The van der Waals surface area contributed by atoms with Gasteiger partial charge in [0.15, 0.2) is 0 Å². The van der Waals surface area contributed by atoms with Crippen LogP contribution in [0.4, 0.5) is 46.2 Å². The molecule has 0 amide bonds. The van der Waals surface area contributed by atoms with E-state index in [1.807, 2.05) is 0 Å². The zero-order valence-corrected chi connectivity index (χ0v) is 17.1. The number of halogens is 11. The van der Waals surface area contributed by atoms with E-state index in [4.69, 9.17) is 0 Å². The molecule has 0 spiro atoms. The van der Waals surface area contributed by atoms with Crippen LogP contribution in [0.25, 0.3) is 0 Å². The fourth-order valence-electron chi connectivity index (χ4n) is 0.991. The molecule has 0 fully saturated rings. The highest BCUT2D eigenvalue weighted by molar-refractivity contribution is 7.80. The molecule has 1 rings (SSSR count). The Morgan fingerprint density at radius 1 is 0.500 bits per heavy atom. The van der Waals surface area contributed by atoms with Crippen molar-refractivity contribution in [2.24, 2.45) is 31.9 Å². The van der Waals surface area contributed by atoms with E-state index in [2.05, 4.69) is 17.0 Å². The quantitative estimate of drug-likeness (QED) is 0.142. The van der Waals surface area contributed by atoms with Gasteiger partial charge >= 0.3 is 46.8 Å². The van der Waals surface area contributed by atoms with Crippen LogP contribution in [0, 0.1) is 0 Å². The fourth-order valence-corrected chi connectivity index (χ4v) is 10.9. The van der Waals surface area contributed by atoms with Gasteiger partial charge in [0, 0.05) is 0 Å². The van der Waals surface area contributed by atoms with Gasteiger partial charge in [0.2, 0.25) is 0 Å². The molecule has 0 saturated heterocycles. The van der Waals surface area contributed by atoms with E-state index in [1.54, 1.807) is 9.03 Å². The molecular weight excluding hydrogens is 537 g/mol. The molecule has 7 nitrogen and oxygen atoms in total. The Labute approximate surface area is 142 Å². The molecule has 1 heterocycles. The number of isothiocyanates is 1. The predicted octanol–water partition coefficient (Wildman–Crippen LogP) is 11.4. The third-order valence-electron chi connectivity index (χ3n) is 1.47. The average molecular weight is 537 g/mol. The zero-order valence-electron chi connectivity index (χ0n) is 10.9. The molecule has 0 N–H and O–H groups in total. The molecule has 1 atom stereocenters. The van der Waals surface area contributed by atoms with Crippen LogP contribution in [0.2, 0.25) is 0 Å². The van der Waals surface area contributed by atoms with E-state index in [0.29, 0.717) is 0 Å². The molecule has 0 bridgehead atoms. The topological polar surface area (TPSA) is 86.5 Å². The third kappa shape index (κ3) is 8.19. The second kappa shape index (κ2) is 7.68. The highest BCUT2D eigenvalue weighted by Gasteiger charge is 2.40. The molecule has 25 heteroatoms. The highest BCUT2D eigenvalue weighted by atomic mass is 32.1. The SMILES string of the molecule is FP1(F)=NP(F)(F)=NP(F)(F)=NP(F)(N=C=S)=NP(F)(F)=NP(F)(F)=N1. The summed E-state index contributed by atoms with van der Waals surface area (Å²) in [4.78, 5) is 0. The summed E-state index contributed by atoms with van der Waals surface area (Å²) in [5.41, 5.74) is 0. The van der Waals surface area contributed by atoms with E-state index in [9.17, 15) is 46.2 Å². The molecule has 0 aromatic rings. The number of thiocarbonyl (C=S) groups is 1. The monoisotopic (exact) mass is 537 g/mol. The molecule has 1 unspecified atom stereocenters. The lowest BCUT2D eigenvalue weighted by Crippen LogP contribution is -1.69. The number of hydrogen-bond donors (Lipinski definition) is 0. The van der Waals surface area contributed by atoms with Gasteiger partial charge in [0.1, 0.15) is 0 Å².